The van der Waals surface area contributed by atoms with Gasteiger partial charge in [-0.05, 0) is 30.3 Å². The molecule has 0 heterocycles. The van der Waals surface area contributed by atoms with E-state index in [0.29, 0.717) is 0 Å². The molecule has 0 unspecified atom stereocenters. The van der Waals surface area contributed by atoms with E-state index in [4.69, 9.17) is 4.43 Å². The van der Waals surface area contributed by atoms with Crippen molar-refractivity contribution < 1.29 is 8.82 Å². The van der Waals surface area contributed by atoms with E-state index >= 15 is 0 Å². The van der Waals surface area contributed by atoms with Crippen molar-refractivity contribution in [2.75, 3.05) is 0 Å². The second kappa shape index (κ2) is 15.1. The molecule has 0 aromatic heterocycles. The Balaban J connectivity index is 2.84. The SMILES string of the molecule is CCCCCC[Si](CCCCCC)(CCCCCC)Oc1cccc(F)c1. The summed E-state index contributed by atoms with van der Waals surface area (Å²) in [6.45, 7) is 6.80. The summed E-state index contributed by atoms with van der Waals surface area (Å²) in [7, 11) is -1.88. The molecule has 0 bridgehead atoms. The van der Waals surface area contributed by atoms with Crippen LogP contribution >= 0.6 is 0 Å². The molecule has 0 saturated carbocycles. The van der Waals surface area contributed by atoms with Crippen LogP contribution in [-0.4, -0.2) is 8.32 Å². The lowest BCUT2D eigenvalue weighted by atomic mass is 10.2. The molecule has 1 rings (SSSR count). The summed E-state index contributed by atoms with van der Waals surface area (Å²) in [6.07, 6.45) is 15.5. The summed E-state index contributed by atoms with van der Waals surface area (Å²) >= 11 is 0. The van der Waals surface area contributed by atoms with Gasteiger partial charge in [0.15, 0.2) is 0 Å². The smallest absolute Gasteiger partial charge is 0.251 e. The predicted molar refractivity (Wildman–Crippen MR) is 120 cm³/mol. The van der Waals surface area contributed by atoms with Crippen molar-refractivity contribution in [3.63, 3.8) is 0 Å². The molecular weight excluding hydrogens is 351 g/mol. The number of halogens is 1. The molecule has 3 heteroatoms. The molecular formula is C24H43FOSi. The highest BCUT2D eigenvalue weighted by atomic mass is 28.4. The summed E-state index contributed by atoms with van der Waals surface area (Å²) in [6, 6.07) is 10.6. The molecule has 0 amide bonds. The maximum Gasteiger partial charge on any atom is 0.251 e. The van der Waals surface area contributed by atoms with E-state index in [1.807, 2.05) is 6.07 Å². The zero-order chi connectivity index (χ0) is 19.8. The molecule has 0 fully saturated rings. The maximum atomic E-state index is 13.7. The first-order valence-electron chi connectivity index (χ1n) is 11.6. The lowest BCUT2D eigenvalue weighted by Crippen LogP contribution is -2.41. The Labute approximate surface area is 169 Å². The van der Waals surface area contributed by atoms with Crippen molar-refractivity contribution in [2.24, 2.45) is 0 Å². The highest BCUT2D eigenvalue weighted by molar-refractivity contribution is 6.74. The van der Waals surface area contributed by atoms with Crippen LogP contribution in [-0.2, 0) is 0 Å². The van der Waals surface area contributed by atoms with Gasteiger partial charge in [0.05, 0.1) is 0 Å². The minimum absolute atomic E-state index is 0.182. The molecule has 0 atom stereocenters. The molecule has 0 aliphatic heterocycles. The van der Waals surface area contributed by atoms with E-state index in [0.717, 1.165) is 5.75 Å². The summed E-state index contributed by atoms with van der Waals surface area (Å²) < 4.78 is 20.5. The zero-order valence-corrected chi connectivity index (χ0v) is 19.2. The minimum atomic E-state index is -1.88. The molecule has 0 aliphatic rings. The average Bonchev–Trinajstić information content (AvgIpc) is 2.66. The third kappa shape index (κ3) is 10.9. The Morgan fingerprint density at radius 2 is 1.19 bits per heavy atom. The Hall–Kier alpha value is -0.833. The molecule has 0 spiro atoms. The van der Waals surface area contributed by atoms with Gasteiger partial charge >= 0.3 is 0 Å². The Bertz CT molecular complexity index is 446. The van der Waals surface area contributed by atoms with Crippen LogP contribution in [0.1, 0.15) is 97.8 Å². The molecule has 1 nitrogen and oxygen atoms in total. The summed E-state index contributed by atoms with van der Waals surface area (Å²) in [5, 5.41) is 0. The molecule has 1 aromatic rings. The largest absolute Gasteiger partial charge is 0.543 e. The summed E-state index contributed by atoms with van der Waals surface area (Å²) in [5.74, 6) is 0.585. The zero-order valence-electron chi connectivity index (χ0n) is 18.2. The number of hydrogen-bond acceptors (Lipinski definition) is 1. The van der Waals surface area contributed by atoms with Crippen LogP contribution in [0, 0.1) is 5.82 Å². The van der Waals surface area contributed by atoms with Gasteiger partial charge in [-0.25, -0.2) is 4.39 Å². The highest BCUT2D eigenvalue weighted by Gasteiger charge is 2.35. The van der Waals surface area contributed by atoms with Crippen molar-refractivity contribution in [1.82, 2.24) is 0 Å². The van der Waals surface area contributed by atoms with Crippen molar-refractivity contribution in [3.8, 4) is 5.75 Å². The normalized spacial score (nSPS) is 11.7. The Morgan fingerprint density at radius 1 is 0.704 bits per heavy atom. The molecule has 1 aromatic carbocycles. The van der Waals surface area contributed by atoms with Crippen LogP contribution in [0.5, 0.6) is 5.75 Å². The van der Waals surface area contributed by atoms with Crippen molar-refractivity contribution in [1.29, 1.82) is 0 Å². The second-order valence-corrected chi connectivity index (χ2v) is 12.2. The Kier molecular flexibility index (Phi) is 13.6. The maximum absolute atomic E-state index is 13.7. The topological polar surface area (TPSA) is 9.23 Å². The van der Waals surface area contributed by atoms with Crippen LogP contribution in [0.15, 0.2) is 24.3 Å². The minimum Gasteiger partial charge on any atom is -0.543 e. The van der Waals surface area contributed by atoms with Crippen molar-refractivity contribution in [2.45, 2.75) is 116 Å². The number of benzene rings is 1. The van der Waals surface area contributed by atoms with Gasteiger partial charge in [-0.3, -0.25) is 0 Å². The van der Waals surface area contributed by atoms with E-state index in [1.165, 1.54) is 101 Å². The van der Waals surface area contributed by atoms with E-state index in [9.17, 15) is 4.39 Å². The van der Waals surface area contributed by atoms with E-state index in [1.54, 1.807) is 12.1 Å². The Morgan fingerprint density at radius 3 is 1.59 bits per heavy atom. The third-order valence-electron chi connectivity index (χ3n) is 5.59. The van der Waals surface area contributed by atoms with Gasteiger partial charge in [-0.15, -0.1) is 0 Å². The van der Waals surface area contributed by atoms with Crippen LogP contribution in [0.4, 0.5) is 4.39 Å². The first-order valence-corrected chi connectivity index (χ1v) is 14.1. The molecule has 27 heavy (non-hydrogen) atoms. The molecule has 0 aliphatic carbocycles. The van der Waals surface area contributed by atoms with Gasteiger partial charge in [-0.1, -0.05) is 104 Å². The average molecular weight is 395 g/mol. The standard InChI is InChI=1S/C24H43FOSi/c1-4-7-10-13-19-27(20-14-11-8-5-2,21-15-12-9-6-3)26-24-18-16-17-23(25)22-24/h16-18,22H,4-15,19-21H2,1-3H3. The summed E-state index contributed by atoms with van der Waals surface area (Å²) in [4.78, 5) is 0. The fourth-order valence-electron chi connectivity index (χ4n) is 3.93. The predicted octanol–water partition coefficient (Wildman–Crippen LogP) is 8.89. The highest BCUT2D eigenvalue weighted by Crippen LogP contribution is 2.32. The van der Waals surface area contributed by atoms with Gasteiger partial charge in [0, 0.05) is 6.07 Å². The monoisotopic (exact) mass is 394 g/mol. The molecule has 0 saturated heterocycles. The first kappa shape index (κ1) is 24.2. The lowest BCUT2D eigenvalue weighted by Gasteiger charge is -2.33. The molecule has 156 valence electrons. The third-order valence-corrected chi connectivity index (χ3v) is 10.1. The van der Waals surface area contributed by atoms with E-state index in [2.05, 4.69) is 20.8 Å². The first-order chi connectivity index (χ1) is 13.2. The quantitative estimate of drug-likeness (QED) is 0.189. The van der Waals surface area contributed by atoms with E-state index in [-0.39, 0.29) is 5.82 Å². The van der Waals surface area contributed by atoms with Crippen LogP contribution < -0.4 is 4.43 Å². The fraction of sp³-hybridized carbons (Fsp3) is 0.750. The second-order valence-electron chi connectivity index (χ2n) is 8.17. The molecule has 0 radical (unpaired) electrons. The number of rotatable bonds is 17. The summed E-state index contributed by atoms with van der Waals surface area (Å²) in [5.41, 5.74) is 0. The van der Waals surface area contributed by atoms with E-state index < -0.39 is 8.32 Å². The van der Waals surface area contributed by atoms with Crippen molar-refractivity contribution in [3.05, 3.63) is 30.1 Å². The van der Waals surface area contributed by atoms with Crippen LogP contribution in [0.25, 0.3) is 0 Å². The van der Waals surface area contributed by atoms with Gasteiger partial charge in [0.1, 0.15) is 11.6 Å². The van der Waals surface area contributed by atoms with Gasteiger partial charge in [0.2, 0.25) is 0 Å². The van der Waals surface area contributed by atoms with Crippen molar-refractivity contribution >= 4 is 8.32 Å². The van der Waals surface area contributed by atoms with Gasteiger partial charge < -0.3 is 4.43 Å². The molecule has 0 N–H and O–H groups in total. The number of hydrogen-bond donors (Lipinski definition) is 0. The van der Waals surface area contributed by atoms with Gasteiger partial charge in [-0.2, -0.15) is 0 Å². The van der Waals surface area contributed by atoms with Gasteiger partial charge in [0.25, 0.3) is 8.32 Å². The lowest BCUT2D eigenvalue weighted by molar-refractivity contribution is 0.497. The van der Waals surface area contributed by atoms with Crippen LogP contribution in [0.3, 0.4) is 0 Å². The fourth-order valence-corrected chi connectivity index (χ4v) is 8.30. The number of unbranched alkanes of at least 4 members (excludes halogenated alkanes) is 9. The van der Waals surface area contributed by atoms with Crippen LogP contribution in [0.2, 0.25) is 18.1 Å².